The molecule has 0 aromatic heterocycles. The summed E-state index contributed by atoms with van der Waals surface area (Å²) < 4.78 is 0. The lowest BCUT2D eigenvalue weighted by atomic mass is 9.90. The number of phenols is 1. The van der Waals surface area contributed by atoms with Gasteiger partial charge in [-0.25, -0.2) is 0 Å². The van der Waals surface area contributed by atoms with Crippen molar-refractivity contribution in [2.24, 2.45) is 0 Å². The highest BCUT2D eigenvalue weighted by Gasteiger charge is 2.18. The summed E-state index contributed by atoms with van der Waals surface area (Å²) in [5.41, 5.74) is 5.24. The van der Waals surface area contributed by atoms with Crippen molar-refractivity contribution in [2.45, 2.75) is 58.3 Å². The first-order chi connectivity index (χ1) is 11.3. The summed E-state index contributed by atoms with van der Waals surface area (Å²) in [4.78, 5) is 1.32. The molecule has 0 fully saturated rings. The predicted octanol–water partition coefficient (Wildman–Crippen LogP) is 5.34. The molecule has 2 rings (SSSR count). The molecule has 128 valence electrons. The van der Waals surface area contributed by atoms with Gasteiger partial charge in [-0.3, -0.25) is 0 Å². The third-order valence-corrected chi connectivity index (χ3v) is 7.22. The first-order valence-electron chi connectivity index (χ1n) is 8.61. The van der Waals surface area contributed by atoms with Crippen LogP contribution in [0.1, 0.15) is 61.8 Å². The van der Waals surface area contributed by atoms with E-state index in [4.69, 9.17) is 0 Å². The van der Waals surface area contributed by atoms with E-state index in [-0.39, 0.29) is 0 Å². The molecule has 1 N–H and O–H groups in total. The Morgan fingerprint density at radius 3 is 2.25 bits per heavy atom. The minimum Gasteiger partial charge on any atom is -0.508 e. The molecule has 3 heteroatoms. The van der Waals surface area contributed by atoms with Gasteiger partial charge in [0.05, 0.1) is 9.52 Å². The molecule has 0 spiro atoms. The number of thioether (sulfide) groups is 1. The Morgan fingerprint density at radius 2 is 1.62 bits per heavy atom. The zero-order valence-electron chi connectivity index (χ0n) is 15.6. The van der Waals surface area contributed by atoms with Gasteiger partial charge in [0.25, 0.3) is 0 Å². The Bertz CT molecular complexity index is 707. The number of phenolic OH excluding ortho intramolecular Hbond substituents is 1. The van der Waals surface area contributed by atoms with Crippen molar-refractivity contribution in [1.29, 1.82) is 0 Å². The van der Waals surface area contributed by atoms with E-state index in [0.717, 1.165) is 20.5 Å². The van der Waals surface area contributed by atoms with Crippen molar-refractivity contribution in [1.82, 2.24) is 0 Å². The van der Waals surface area contributed by atoms with E-state index in [1.165, 1.54) is 26.8 Å². The number of hydrogen-bond acceptors (Lipinski definition) is 2. The van der Waals surface area contributed by atoms with Gasteiger partial charge < -0.3 is 5.11 Å². The topological polar surface area (TPSA) is 20.2 Å². The summed E-state index contributed by atoms with van der Waals surface area (Å²) in [5.74, 6) is 1.19. The Hall–Kier alpha value is -1.19. The number of aromatic hydroxyl groups is 1. The van der Waals surface area contributed by atoms with Gasteiger partial charge in [0.15, 0.2) is 0 Å². The standard InChI is InChI=1S/C21H28OSSi/c1-13(2)20-17(22)10-11-18(21(20)14(3)4)23-12-24-19-9-7-8-15(5)16(19)6/h7-11,13-14,22H,12H2,1-6H3. The van der Waals surface area contributed by atoms with Crippen molar-refractivity contribution in [3.63, 3.8) is 0 Å². The molecule has 0 saturated carbocycles. The van der Waals surface area contributed by atoms with Crippen LogP contribution in [0.3, 0.4) is 0 Å². The minimum atomic E-state index is 0.337. The molecule has 2 aromatic carbocycles. The first kappa shape index (κ1) is 19.1. The molecule has 0 bridgehead atoms. The maximum atomic E-state index is 10.3. The lowest BCUT2D eigenvalue weighted by Crippen LogP contribution is -2.20. The highest BCUT2D eigenvalue weighted by molar-refractivity contribution is 8.00. The van der Waals surface area contributed by atoms with E-state index in [1.54, 1.807) is 0 Å². The van der Waals surface area contributed by atoms with Crippen molar-refractivity contribution in [2.75, 3.05) is 5.38 Å². The second-order valence-electron chi connectivity index (χ2n) is 6.93. The first-order valence-corrected chi connectivity index (χ1v) is 10.8. The molecule has 2 radical (unpaired) electrons. The van der Waals surface area contributed by atoms with Crippen LogP contribution in [0.4, 0.5) is 0 Å². The highest BCUT2D eigenvalue weighted by atomic mass is 32.2. The summed E-state index contributed by atoms with van der Waals surface area (Å²) in [6.45, 7) is 13.2. The largest absolute Gasteiger partial charge is 0.508 e. The van der Waals surface area contributed by atoms with E-state index in [2.05, 4.69) is 65.8 Å². The normalized spacial score (nSPS) is 11.5. The van der Waals surface area contributed by atoms with Crippen LogP contribution in [-0.4, -0.2) is 20.0 Å². The lowest BCUT2D eigenvalue weighted by Gasteiger charge is -2.21. The van der Waals surface area contributed by atoms with Gasteiger partial charge in [-0.1, -0.05) is 51.1 Å². The van der Waals surface area contributed by atoms with Gasteiger partial charge >= 0.3 is 0 Å². The molecule has 24 heavy (non-hydrogen) atoms. The van der Waals surface area contributed by atoms with Crippen LogP contribution in [0.15, 0.2) is 35.2 Å². The number of aryl methyl sites for hydroxylation is 1. The summed E-state index contributed by atoms with van der Waals surface area (Å²) >= 11 is 1.93. The zero-order chi connectivity index (χ0) is 17.9. The molecule has 0 aliphatic rings. The second kappa shape index (κ2) is 8.26. The molecule has 0 atom stereocenters. The summed E-state index contributed by atoms with van der Waals surface area (Å²) in [6.07, 6.45) is 0. The molecule has 0 aliphatic heterocycles. The molecular weight excluding hydrogens is 328 g/mol. The third-order valence-electron chi connectivity index (χ3n) is 4.47. The van der Waals surface area contributed by atoms with Gasteiger partial charge in [0.1, 0.15) is 5.75 Å². The van der Waals surface area contributed by atoms with E-state index in [9.17, 15) is 5.11 Å². The highest BCUT2D eigenvalue weighted by Crippen LogP contribution is 2.39. The van der Waals surface area contributed by atoms with Crippen LogP contribution in [0.5, 0.6) is 5.75 Å². The fourth-order valence-corrected chi connectivity index (χ4v) is 5.94. The van der Waals surface area contributed by atoms with Crippen molar-refractivity contribution >= 4 is 26.5 Å². The van der Waals surface area contributed by atoms with E-state index >= 15 is 0 Å². The van der Waals surface area contributed by atoms with Gasteiger partial charge in [0, 0.05) is 10.5 Å². The van der Waals surface area contributed by atoms with Crippen LogP contribution in [0.2, 0.25) is 0 Å². The molecular formula is C21H28OSSi. The van der Waals surface area contributed by atoms with E-state index in [0.29, 0.717) is 17.6 Å². The van der Waals surface area contributed by atoms with Crippen LogP contribution in [-0.2, 0) is 0 Å². The molecule has 1 nitrogen and oxygen atoms in total. The molecule has 0 amide bonds. The van der Waals surface area contributed by atoms with Gasteiger partial charge in [0.2, 0.25) is 0 Å². The van der Waals surface area contributed by atoms with Crippen LogP contribution < -0.4 is 5.19 Å². The maximum absolute atomic E-state index is 10.3. The molecule has 0 saturated heterocycles. The van der Waals surface area contributed by atoms with Gasteiger partial charge in [-0.05, 0) is 59.9 Å². The summed E-state index contributed by atoms with van der Waals surface area (Å²) in [7, 11) is 0.804. The lowest BCUT2D eigenvalue weighted by molar-refractivity contribution is 0.461. The summed E-state index contributed by atoms with van der Waals surface area (Å²) in [6, 6.07) is 10.6. The number of rotatable bonds is 6. The molecule has 2 aromatic rings. The van der Waals surface area contributed by atoms with E-state index in [1.807, 2.05) is 17.8 Å². The Kier molecular flexibility index (Phi) is 6.59. The number of benzene rings is 2. The fraction of sp³-hybridized carbons (Fsp3) is 0.429. The minimum absolute atomic E-state index is 0.337. The van der Waals surface area contributed by atoms with Gasteiger partial charge in [-0.2, -0.15) is 0 Å². The van der Waals surface area contributed by atoms with Crippen molar-refractivity contribution in [3.05, 3.63) is 52.6 Å². The molecule has 0 unspecified atom stereocenters. The fourth-order valence-electron chi connectivity index (χ4n) is 3.07. The second-order valence-corrected chi connectivity index (χ2v) is 9.71. The average molecular weight is 357 g/mol. The molecule has 0 aliphatic carbocycles. The SMILES string of the molecule is Cc1cccc([Si]CSc2ccc(O)c(C(C)C)c2C(C)C)c1C. The maximum Gasteiger partial charge on any atom is 0.119 e. The van der Waals surface area contributed by atoms with Crippen LogP contribution in [0.25, 0.3) is 0 Å². The quantitative estimate of drug-likeness (QED) is 0.557. The zero-order valence-corrected chi connectivity index (χ0v) is 17.4. The monoisotopic (exact) mass is 356 g/mol. The van der Waals surface area contributed by atoms with E-state index < -0.39 is 0 Å². The Morgan fingerprint density at radius 1 is 0.958 bits per heavy atom. The average Bonchev–Trinajstić information content (AvgIpc) is 2.51. The summed E-state index contributed by atoms with van der Waals surface area (Å²) in [5, 5.41) is 12.9. The van der Waals surface area contributed by atoms with Crippen molar-refractivity contribution in [3.8, 4) is 5.75 Å². The van der Waals surface area contributed by atoms with Crippen molar-refractivity contribution < 1.29 is 5.11 Å². The van der Waals surface area contributed by atoms with Crippen LogP contribution in [0, 0.1) is 13.8 Å². The smallest absolute Gasteiger partial charge is 0.119 e. The Labute approximate surface area is 153 Å². The molecule has 0 heterocycles. The van der Waals surface area contributed by atoms with Crippen LogP contribution >= 0.6 is 11.8 Å². The number of hydrogen-bond donors (Lipinski definition) is 1. The Balaban J connectivity index is 2.21. The van der Waals surface area contributed by atoms with Gasteiger partial charge in [-0.15, -0.1) is 11.8 Å². The third kappa shape index (κ3) is 4.25. The predicted molar refractivity (Wildman–Crippen MR) is 108 cm³/mol.